The van der Waals surface area contributed by atoms with Crippen molar-refractivity contribution in [3.63, 3.8) is 0 Å². The number of aromatic nitrogens is 3. The third kappa shape index (κ3) is 4.29. The molecule has 0 aliphatic carbocycles. The van der Waals surface area contributed by atoms with Crippen LogP contribution in [-0.2, 0) is 11.8 Å². The second-order valence-corrected chi connectivity index (χ2v) is 6.65. The maximum atomic E-state index is 12.2. The summed E-state index contributed by atoms with van der Waals surface area (Å²) in [6, 6.07) is 13.3. The number of methoxy groups -OCH3 is 1. The SMILES string of the molecule is COc1ccccc1NC(=O)CSc1nnc(-c2cccc([N+](=O)[O-])c2)n1C. The van der Waals surface area contributed by atoms with E-state index in [4.69, 9.17) is 4.74 Å². The third-order valence-electron chi connectivity index (χ3n) is 3.86. The van der Waals surface area contributed by atoms with Gasteiger partial charge in [0.1, 0.15) is 5.75 Å². The third-order valence-corrected chi connectivity index (χ3v) is 4.88. The largest absolute Gasteiger partial charge is 0.495 e. The van der Waals surface area contributed by atoms with Crippen LogP contribution in [0.1, 0.15) is 0 Å². The van der Waals surface area contributed by atoms with E-state index in [0.29, 0.717) is 28.0 Å². The molecule has 1 amide bonds. The Morgan fingerprint density at radius 3 is 2.79 bits per heavy atom. The van der Waals surface area contributed by atoms with Crippen molar-refractivity contribution in [3.8, 4) is 17.1 Å². The molecule has 1 heterocycles. The van der Waals surface area contributed by atoms with Crippen LogP contribution in [0.3, 0.4) is 0 Å². The van der Waals surface area contributed by atoms with Gasteiger partial charge in [-0.25, -0.2) is 0 Å². The van der Waals surface area contributed by atoms with E-state index in [1.165, 1.54) is 31.0 Å². The van der Waals surface area contributed by atoms with E-state index in [2.05, 4.69) is 15.5 Å². The van der Waals surface area contributed by atoms with Gasteiger partial charge in [0.05, 0.1) is 23.5 Å². The van der Waals surface area contributed by atoms with Gasteiger partial charge < -0.3 is 14.6 Å². The van der Waals surface area contributed by atoms with Crippen LogP contribution in [0.5, 0.6) is 5.75 Å². The molecule has 28 heavy (non-hydrogen) atoms. The molecule has 144 valence electrons. The molecule has 0 aliphatic rings. The van der Waals surface area contributed by atoms with Crippen LogP contribution in [0.4, 0.5) is 11.4 Å². The zero-order valence-electron chi connectivity index (χ0n) is 15.2. The molecule has 0 aliphatic heterocycles. The molecular formula is C18H17N5O4S. The molecule has 0 bridgehead atoms. The first-order valence-electron chi connectivity index (χ1n) is 8.19. The van der Waals surface area contributed by atoms with E-state index in [0.717, 1.165) is 0 Å². The number of benzene rings is 2. The van der Waals surface area contributed by atoms with Crippen LogP contribution in [0.25, 0.3) is 11.4 Å². The maximum Gasteiger partial charge on any atom is 0.270 e. The van der Waals surface area contributed by atoms with E-state index in [-0.39, 0.29) is 17.3 Å². The van der Waals surface area contributed by atoms with Crippen molar-refractivity contribution >= 4 is 29.0 Å². The topological polar surface area (TPSA) is 112 Å². The van der Waals surface area contributed by atoms with Gasteiger partial charge in [0.25, 0.3) is 5.69 Å². The molecule has 0 fully saturated rings. The van der Waals surface area contributed by atoms with Gasteiger partial charge in [-0.15, -0.1) is 10.2 Å². The molecule has 0 spiro atoms. The molecule has 0 atom stereocenters. The standard InChI is InChI=1S/C18H17N5O4S/c1-22-17(12-6-5-7-13(10-12)23(25)26)20-21-18(22)28-11-16(24)19-14-8-3-4-9-15(14)27-2/h3-10H,11H2,1-2H3,(H,19,24). The molecule has 3 aromatic rings. The fourth-order valence-corrected chi connectivity index (χ4v) is 3.23. The molecule has 0 saturated carbocycles. The number of rotatable bonds is 7. The minimum Gasteiger partial charge on any atom is -0.495 e. The van der Waals surface area contributed by atoms with E-state index in [1.807, 2.05) is 6.07 Å². The Morgan fingerprint density at radius 1 is 1.25 bits per heavy atom. The number of amides is 1. The highest BCUT2D eigenvalue weighted by Gasteiger charge is 2.16. The number of thioether (sulfide) groups is 1. The van der Waals surface area contributed by atoms with Gasteiger partial charge in [0.2, 0.25) is 5.91 Å². The zero-order valence-corrected chi connectivity index (χ0v) is 16.0. The van der Waals surface area contributed by atoms with Gasteiger partial charge in [-0.1, -0.05) is 36.0 Å². The Labute approximate surface area is 164 Å². The fourth-order valence-electron chi connectivity index (χ4n) is 2.51. The number of nitro groups is 1. The summed E-state index contributed by atoms with van der Waals surface area (Å²) in [5, 5.41) is 22.4. The normalized spacial score (nSPS) is 10.5. The van der Waals surface area contributed by atoms with Gasteiger partial charge in [-0.05, 0) is 12.1 Å². The van der Waals surface area contributed by atoms with Crippen molar-refractivity contribution in [2.75, 3.05) is 18.2 Å². The lowest BCUT2D eigenvalue weighted by Crippen LogP contribution is -2.15. The Balaban J connectivity index is 1.68. The van der Waals surface area contributed by atoms with Crippen LogP contribution < -0.4 is 10.1 Å². The quantitative estimate of drug-likeness (QED) is 0.369. The minimum absolute atomic E-state index is 0.0223. The van der Waals surface area contributed by atoms with Gasteiger partial charge in [0, 0.05) is 24.7 Å². The van der Waals surface area contributed by atoms with Crippen LogP contribution in [-0.4, -0.2) is 38.5 Å². The number of nitrogens with zero attached hydrogens (tertiary/aromatic N) is 4. The molecule has 10 heteroatoms. The van der Waals surface area contributed by atoms with Gasteiger partial charge in [0.15, 0.2) is 11.0 Å². The number of para-hydroxylation sites is 2. The number of non-ortho nitro benzene ring substituents is 1. The van der Waals surface area contributed by atoms with Crippen LogP contribution in [0.2, 0.25) is 0 Å². The Kier molecular flexibility index (Phi) is 5.90. The number of hydrogen-bond donors (Lipinski definition) is 1. The lowest BCUT2D eigenvalue weighted by Gasteiger charge is -2.09. The number of ether oxygens (including phenoxy) is 1. The first-order valence-corrected chi connectivity index (χ1v) is 9.18. The van der Waals surface area contributed by atoms with Gasteiger partial charge >= 0.3 is 0 Å². The molecule has 1 N–H and O–H groups in total. The van der Waals surface area contributed by atoms with Crippen molar-refractivity contribution < 1.29 is 14.5 Å². The van der Waals surface area contributed by atoms with Crippen molar-refractivity contribution in [1.82, 2.24) is 14.8 Å². The Morgan fingerprint density at radius 2 is 2.04 bits per heavy atom. The molecule has 2 aromatic carbocycles. The number of carbonyl (C=O) groups is 1. The average Bonchev–Trinajstić information content (AvgIpc) is 3.07. The lowest BCUT2D eigenvalue weighted by molar-refractivity contribution is -0.384. The van der Waals surface area contributed by atoms with E-state index in [9.17, 15) is 14.9 Å². The minimum atomic E-state index is -0.461. The summed E-state index contributed by atoms with van der Waals surface area (Å²) in [5.41, 5.74) is 1.14. The second-order valence-electron chi connectivity index (χ2n) is 5.71. The number of anilines is 1. The Bertz CT molecular complexity index is 1020. The predicted octanol–water partition coefficient (Wildman–Crippen LogP) is 3.13. The highest BCUT2D eigenvalue weighted by Crippen LogP contribution is 2.26. The predicted molar refractivity (Wildman–Crippen MR) is 105 cm³/mol. The van der Waals surface area contributed by atoms with Crippen LogP contribution in [0.15, 0.2) is 53.7 Å². The maximum absolute atomic E-state index is 12.2. The molecule has 9 nitrogen and oxygen atoms in total. The van der Waals surface area contributed by atoms with E-state index < -0.39 is 4.92 Å². The summed E-state index contributed by atoms with van der Waals surface area (Å²) in [7, 11) is 3.28. The summed E-state index contributed by atoms with van der Waals surface area (Å²) in [6.45, 7) is 0. The monoisotopic (exact) mass is 399 g/mol. The van der Waals surface area contributed by atoms with Gasteiger partial charge in [-0.2, -0.15) is 0 Å². The first kappa shape index (κ1) is 19.4. The Hall–Kier alpha value is -3.40. The van der Waals surface area contributed by atoms with Crippen LogP contribution in [0, 0.1) is 10.1 Å². The van der Waals surface area contributed by atoms with E-state index >= 15 is 0 Å². The molecule has 0 radical (unpaired) electrons. The number of nitro benzene ring substituents is 1. The smallest absolute Gasteiger partial charge is 0.270 e. The zero-order chi connectivity index (χ0) is 20.1. The van der Waals surface area contributed by atoms with Crippen molar-refractivity contribution in [3.05, 3.63) is 58.6 Å². The summed E-state index contributed by atoms with van der Waals surface area (Å²) in [6.07, 6.45) is 0. The van der Waals surface area contributed by atoms with E-state index in [1.54, 1.807) is 41.9 Å². The van der Waals surface area contributed by atoms with Crippen molar-refractivity contribution in [2.24, 2.45) is 7.05 Å². The number of carbonyl (C=O) groups excluding carboxylic acids is 1. The summed E-state index contributed by atoms with van der Waals surface area (Å²) in [5.74, 6) is 0.970. The highest BCUT2D eigenvalue weighted by molar-refractivity contribution is 7.99. The lowest BCUT2D eigenvalue weighted by atomic mass is 10.2. The first-order chi connectivity index (χ1) is 13.5. The molecule has 0 unspecified atom stereocenters. The van der Waals surface area contributed by atoms with Crippen molar-refractivity contribution in [2.45, 2.75) is 5.16 Å². The second kappa shape index (κ2) is 8.53. The van der Waals surface area contributed by atoms with Crippen LogP contribution >= 0.6 is 11.8 Å². The molecule has 3 rings (SSSR count). The summed E-state index contributed by atoms with van der Waals surface area (Å²) in [4.78, 5) is 22.7. The van der Waals surface area contributed by atoms with Crippen molar-refractivity contribution in [1.29, 1.82) is 0 Å². The average molecular weight is 399 g/mol. The fraction of sp³-hybridized carbons (Fsp3) is 0.167. The highest BCUT2D eigenvalue weighted by atomic mass is 32.2. The molecule has 1 aromatic heterocycles. The number of hydrogen-bond acceptors (Lipinski definition) is 7. The summed E-state index contributed by atoms with van der Waals surface area (Å²) < 4.78 is 6.91. The molecule has 0 saturated heterocycles. The van der Waals surface area contributed by atoms with Gasteiger partial charge in [-0.3, -0.25) is 14.9 Å². The number of nitrogens with one attached hydrogen (secondary N) is 1. The molecular weight excluding hydrogens is 382 g/mol. The summed E-state index contributed by atoms with van der Waals surface area (Å²) >= 11 is 1.22.